The summed E-state index contributed by atoms with van der Waals surface area (Å²) in [6, 6.07) is 3.73. The van der Waals surface area contributed by atoms with Gasteiger partial charge < -0.3 is 16.0 Å². The van der Waals surface area contributed by atoms with E-state index in [0.717, 1.165) is 15.9 Å². The summed E-state index contributed by atoms with van der Waals surface area (Å²) in [5, 5.41) is 3.29. The van der Waals surface area contributed by atoms with Gasteiger partial charge in [-0.05, 0) is 26.0 Å². The predicted octanol–water partition coefficient (Wildman–Crippen LogP) is 1.40. The molecule has 6 nitrogen and oxygen atoms in total. The Morgan fingerprint density at radius 2 is 2.14 bits per heavy atom. The number of anilines is 1. The minimum Gasteiger partial charge on any atom is -0.397 e. The van der Waals surface area contributed by atoms with Gasteiger partial charge in [-0.1, -0.05) is 0 Å². The van der Waals surface area contributed by atoms with Crippen molar-refractivity contribution in [2.24, 2.45) is 0 Å². The normalized spacial score (nSPS) is 10.6. The molecule has 0 aliphatic rings. The van der Waals surface area contributed by atoms with Crippen molar-refractivity contribution in [3.8, 4) is 0 Å². The van der Waals surface area contributed by atoms with Crippen molar-refractivity contribution in [3.63, 3.8) is 0 Å². The molecule has 0 fully saturated rings. The van der Waals surface area contributed by atoms with Crippen LogP contribution < -0.4 is 11.1 Å². The topological polar surface area (TPSA) is 88.3 Å². The van der Waals surface area contributed by atoms with Gasteiger partial charge >= 0.3 is 0 Å². The van der Waals surface area contributed by atoms with Crippen LogP contribution >= 0.6 is 11.3 Å². The molecule has 2 heterocycles. The Bertz CT molecular complexity index is 696. The fraction of sp³-hybridized carbons (Fsp3) is 0.357. The number of amides is 2. The van der Waals surface area contributed by atoms with Gasteiger partial charge in [-0.3, -0.25) is 9.59 Å². The third kappa shape index (κ3) is 2.97. The smallest absolute Gasteiger partial charge is 0.266 e. The van der Waals surface area contributed by atoms with Crippen LogP contribution in [-0.4, -0.2) is 41.8 Å². The maximum absolute atomic E-state index is 12.6. The van der Waals surface area contributed by atoms with Gasteiger partial charge in [-0.15, -0.1) is 11.3 Å². The summed E-state index contributed by atoms with van der Waals surface area (Å²) in [5.41, 5.74) is 7.38. The fourth-order valence-corrected chi connectivity index (χ4v) is 3.08. The molecule has 21 heavy (non-hydrogen) atoms. The van der Waals surface area contributed by atoms with Crippen molar-refractivity contribution >= 4 is 39.1 Å². The highest BCUT2D eigenvalue weighted by Gasteiger charge is 2.23. The maximum atomic E-state index is 12.6. The largest absolute Gasteiger partial charge is 0.397 e. The molecule has 2 rings (SSSR count). The molecule has 0 aliphatic heterocycles. The van der Waals surface area contributed by atoms with Crippen LogP contribution in [0, 0.1) is 6.92 Å². The zero-order valence-corrected chi connectivity index (χ0v) is 13.1. The number of carbonyl (C=O) groups excluding carboxylic acids is 2. The summed E-state index contributed by atoms with van der Waals surface area (Å²) in [5.74, 6) is -0.446. The quantitative estimate of drug-likeness (QED) is 0.893. The number of likely N-dealkylation sites (N-methyl/N-ethyl adjacent to an activating group) is 2. The minimum absolute atomic E-state index is 0.0198. The Morgan fingerprint density at radius 3 is 2.76 bits per heavy atom. The molecule has 0 saturated heterocycles. The molecule has 0 aliphatic carbocycles. The highest BCUT2D eigenvalue weighted by Crippen LogP contribution is 2.33. The van der Waals surface area contributed by atoms with E-state index in [4.69, 9.17) is 5.73 Å². The molecule has 0 unspecified atom stereocenters. The van der Waals surface area contributed by atoms with E-state index in [-0.39, 0.29) is 18.4 Å². The van der Waals surface area contributed by atoms with E-state index in [9.17, 15) is 9.59 Å². The lowest BCUT2D eigenvalue weighted by Crippen LogP contribution is -2.39. The van der Waals surface area contributed by atoms with E-state index in [1.807, 2.05) is 26.0 Å². The Morgan fingerprint density at radius 1 is 1.43 bits per heavy atom. The third-order valence-corrected chi connectivity index (χ3v) is 4.31. The van der Waals surface area contributed by atoms with Gasteiger partial charge in [0.15, 0.2) is 0 Å². The van der Waals surface area contributed by atoms with E-state index in [2.05, 4.69) is 10.3 Å². The van der Waals surface area contributed by atoms with Crippen LogP contribution in [0.3, 0.4) is 0 Å². The van der Waals surface area contributed by atoms with Crippen molar-refractivity contribution in [3.05, 3.63) is 22.7 Å². The number of rotatable bonds is 4. The van der Waals surface area contributed by atoms with Crippen molar-refractivity contribution in [2.75, 3.05) is 25.9 Å². The second-order valence-corrected chi connectivity index (χ2v) is 5.64. The molecule has 0 bridgehead atoms. The summed E-state index contributed by atoms with van der Waals surface area (Å²) >= 11 is 1.27. The SMILES string of the molecule is CCN(CC(=O)NC)C(=O)c1sc2nc(C)ccc2c1N. The van der Waals surface area contributed by atoms with Gasteiger partial charge in [0.05, 0.1) is 12.2 Å². The van der Waals surface area contributed by atoms with E-state index in [1.54, 1.807) is 7.05 Å². The lowest BCUT2D eigenvalue weighted by Gasteiger charge is -2.19. The van der Waals surface area contributed by atoms with Crippen LogP contribution in [0.15, 0.2) is 12.1 Å². The molecule has 2 aromatic rings. The highest BCUT2D eigenvalue weighted by molar-refractivity contribution is 7.21. The number of hydrogen-bond donors (Lipinski definition) is 2. The summed E-state index contributed by atoms with van der Waals surface area (Å²) in [4.78, 5) is 31.1. The number of nitrogens with one attached hydrogen (secondary N) is 1. The Kier molecular flexibility index (Phi) is 4.42. The first kappa shape index (κ1) is 15.2. The molecule has 2 aromatic heterocycles. The zero-order chi connectivity index (χ0) is 15.6. The average molecular weight is 306 g/mol. The molecule has 0 spiro atoms. The van der Waals surface area contributed by atoms with Gasteiger partial charge in [0.1, 0.15) is 9.71 Å². The van der Waals surface area contributed by atoms with Crippen molar-refractivity contribution in [1.29, 1.82) is 0 Å². The van der Waals surface area contributed by atoms with Crippen LogP contribution in [0.4, 0.5) is 5.69 Å². The van der Waals surface area contributed by atoms with Crippen LogP contribution in [0.25, 0.3) is 10.2 Å². The second kappa shape index (κ2) is 6.09. The summed E-state index contributed by atoms with van der Waals surface area (Å²) in [6.45, 7) is 4.17. The summed E-state index contributed by atoms with van der Waals surface area (Å²) in [6.07, 6.45) is 0. The number of nitrogens with two attached hydrogens (primary N) is 1. The van der Waals surface area contributed by atoms with Gasteiger partial charge in [0.2, 0.25) is 5.91 Å². The number of carbonyl (C=O) groups is 2. The van der Waals surface area contributed by atoms with E-state index >= 15 is 0 Å². The van der Waals surface area contributed by atoms with Gasteiger partial charge in [-0.2, -0.15) is 0 Å². The highest BCUT2D eigenvalue weighted by atomic mass is 32.1. The van der Waals surface area contributed by atoms with Gasteiger partial charge in [-0.25, -0.2) is 4.98 Å². The maximum Gasteiger partial charge on any atom is 0.266 e. The fourth-order valence-electron chi connectivity index (χ4n) is 1.97. The molecule has 0 aromatic carbocycles. The Hall–Kier alpha value is -2.15. The molecule has 3 N–H and O–H groups in total. The molecule has 2 amide bonds. The predicted molar refractivity (Wildman–Crippen MR) is 84.4 cm³/mol. The summed E-state index contributed by atoms with van der Waals surface area (Å²) in [7, 11) is 1.54. The molecule has 7 heteroatoms. The lowest BCUT2D eigenvalue weighted by atomic mass is 10.2. The lowest BCUT2D eigenvalue weighted by molar-refractivity contribution is -0.121. The first-order valence-electron chi connectivity index (χ1n) is 6.63. The van der Waals surface area contributed by atoms with E-state index in [0.29, 0.717) is 17.1 Å². The average Bonchev–Trinajstić information content (AvgIpc) is 2.80. The monoisotopic (exact) mass is 306 g/mol. The molecular formula is C14H18N4O2S. The number of aryl methyl sites for hydroxylation is 1. The van der Waals surface area contributed by atoms with Crippen molar-refractivity contribution in [1.82, 2.24) is 15.2 Å². The molecular weight excluding hydrogens is 288 g/mol. The first-order chi connectivity index (χ1) is 9.97. The van der Waals surface area contributed by atoms with Crippen LogP contribution in [0.5, 0.6) is 0 Å². The number of nitrogen functional groups attached to an aromatic ring is 1. The third-order valence-electron chi connectivity index (χ3n) is 3.21. The second-order valence-electron chi connectivity index (χ2n) is 4.64. The molecule has 0 radical (unpaired) electrons. The van der Waals surface area contributed by atoms with Crippen molar-refractivity contribution < 1.29 is 9.59 Å². The van der Waals surface area contributed by atoms with Crippen LogP contribution in [-0.2, 0) is 4.79 Å². The van der Waals surface area contributed by atoms with Gasteiger partial charge in [0.25, 0.3) is 5.91 Å². The Balaban J connectivity index is 2.38. The molecule has 0 atom stereocenters. The Labute approximate surface area is 127 Å². The number of nitrogens with zero attached hydrogens (tertiary/aromatic N) is 2. The van der Waals surface area contributed by atoms with Gasteiger partial charge in [0, 0.05) is 24.7 Å². The van der Waals surface area contributed by atoms with E-state index < -0.39 is 0 Å². The zero-order valence-electron chi connectivity index (χ0n) is 12.3. The molecule has 112 valence electrons. The standard InChI is InChI=1S/C14H18N4O2S/c1-4-18(7-10(19)16-3)14(20)12-11(15)9-6-5-8(2)17-13(9)21-12/h5-6H,4,7,15H2,1-3H3,(H,16,19). The number of fused-ring (bicyclic) bond motifs is 1. The first-order valence-corrected chi connectivity index (χ1v) is 7.45. The minimum atomic E-state index is -0.237. The summed E-state index contributed by atoms with van der Waals surface area (Å²) < 4.78 is 0. The number of thiophene rings is 1. The van der Waals surface area contributed by atoms with Crippen molar-refractivity contribution in [2.45, 2.75) is 13.8 Å². The van der Waals surface area contributed by atoms with Crippen LogP contribution in [0.1, 0.15) is 22.3 Å². The number of aromatic nitrogens is 1. The molecule has 0 saturated carbocycles. The van der Waals surface area contributed by atoms with E-state index in [1.165, 1.54) is 16.2 Å². The van der Waals surface area contributed by atoms with Crippen LogP contribution in [0.2, 0.25) is 0 Å². The number of pyridine rings is 1. The number of hydrogen-bond acceptors (Lipinski definition) is 5.